The summed E-state index contributed by atoms with van der Waals surface area (Å²) in [7, 11) is 0. The number of unbranched alkanes of at least 4 members (excludes halogenated alkanes) is 2. The van der Waals surface area contributed by atoms with Gasteiger partial charge in [0.1, 0.15) is 12.4 Å². The van der Waals surface area contributed by atoms with Crippen molar-refractivity contribution in [2.75, 3.05) is 71.2 Å². The molecule has 57 heavy (non-hydrogen) atoms. The predicted octanol–water partition coefficient (Wildman–Crippen LogP) is 4.64. The molecule has 3 fully saturated rings. The molecule has 0 radical (unpaired) electrons. The van der Waals surface area contributed by atoms with Gasteiger partial charge in [-0.1, -0.05) is 19.9 Å². The van der Waals surface area contributed by atoms with Crippen LogP contribution in [-0.2, 0) is 34.7 Å². The number of fused-ring (bicyclic) bond motifs is 1. The summed E-state index contributed by atoms with van der Waals surface area (Å²) in [6, 6.07) is 9.14. The zero-order valence-electron chi connectivity index (χ0n) is 31.9. The van der Waals surface area contributed by atoms with E-state index in [4.69, 9.17) is 28.9 Å². The number of benzene rings is 2. The first kappa shape index (κ1) is 41.5. The standard InChI is InChI=1S/C40H46F3N5O9/c1-39(2)24-47(38(52)35(39)57-26-10-9-25(22-44)28(21-26)40(41,42)43)14-4-3-5-15-53-17-19-55-20-18-54-16-13-45-29-8-6-7-27-33(29)37(51)48(36(27)50)30-11-12-32(49)46-34(30)31-23-56-31/h6-10,21,30,35,45H,3-5,11-20,23-24H2,1-2H3,(H,46,49)/b34-31+. The highest BCUT2D eigenvalue weighted by atomic mass is 19.4. The van der Waals surface area contributed by atoms with Crippen LogP contribution in [0.5, 0.6) is 5.75 Å². The molecule has 2 unspecified atom stereocenters. The summed E-state index contributed by atoms with van der Waals surface area (Å²) in [5, 5.41) is 15.0. The maximum absolute atomic E-state index is 13.5. The van der Waals surface area contributed by atoms with Crippen LogP contribution in [0.1, 0.15) is 77.8 Å². The van der Waals surface area contributed by atoms with Crippen molar-refractivity contribution in [3.8, 4) is 11.8 Å². The van der Waals surface area contributed by atoms with E-state index in [1.807, 2.05) is 13.8 Å². The average molecular weight is 798 g/mol. The largest absolute Gasteiger partial charge is 0.484 e. The molecule has 2 aromatic rings. The van der Waals surface area contributed by atoms with E-state index in [0.29, 0.717) is 101 Å². The van der Waals surface area contributed by atoms with Gasteiger partial charge in [0.2, 0.25) is 5.91 Å². The van der Waals surface area contributed by atoms with Gasteiger partial charge >= 0.3 is 6.18 Å². The van der Waals surface area contributed by atoms with Crippen molar-refractivity contribution in [1.82, 2.24) is 15.1 Å². The van der Waals surface area contributed by atoms with E-state index in [1.165, 1.54) is 11.0 Å². The number of hydrogen-bond donors (Lipinski definition) is 2. The van der Waals surface area contributed by atoms with E-state index >= 15 is 0 Å². The van der Waals surface area contributed by atoms with Crippen molar-refractivity contribution >= 4 is 29.3 Å². The first-order valence-corrected chi connectivity index (χ1v) is 19.0. The van der Waals surface area contributed by atoms with Gasteiger partial charge in [-0.3, -0.25) is 24.1 Å². The number of carbonyl (C=O) groups excluding carboxylic acids is 4. The Hall–Kier alpha value is -5.18. The maximum atomic E-state index is 13.5. The summed E-state index contributed by atoms with van der Waals surface area (Å²) in [5.41, 5.74) is -0.615. The van der Waals surface area contributed by atoms with Gasteiger partial charge < -0.3 is 39.2 Å². The number of piperidine rings is 1. The molecule has 2 atom stereocenters. The highest BCUT2D eigenvalue weighted by Gasteiger charge is 2.49. The highest BCUT2D eigenvalue weighted by molar-refractivity contribution is 6.24. The van der Waals surface area contributed by atoms with E-state index in [1.54, 1.807) is 29.2 Å². The smallest absolute Gasteiger partial charge is 0.417 e. The molecule has 6 rings (SSSR count). The fourth-order valence-electron chi connectivity index (χ4n) is 7.25. The van der Waals surface area contributed by atoms with Crippen LogP contribution in [0.15, 0.2) is 47.9 Å². The molecule has 306 valence electrons. The molecule has 14 nitrogen and oxygen atoms in total. The number of amides is 4. The minimum atomic E-state index is -4.72. The van der Waals surface area contributed by atoms with Gasteiger partial charge in [-0.05, 0) is 56.0 Å². The molecule has 0 saturated carbocycles. The molecule has 0 aliphatic carbocycles. The van der Waals surface area contributed by atoms with E-state index in [9.17, 15) is 32.3 Å². The van der Waals surface area contributed by atoms with Gasteiger partial charge in [0.25, 0.3) is 17.7 Å². The lowest BCUT2D eigenvalue weighted by Crippen LogP contribution is -2.48. The van der Waals surface area contributed by atoms with Crippen molar-refractivity contribution in [2.45, 2.75) is 64.3 Å². The van der Waals surface area contributed by atoms with Crippen molar-refractivity contribution in [3.05, 3.63) is 70.1 Å². The number of likely N-dealkylation sites (tertiary alicyclic amines) is 1. The van der Waals surface area contributed by atoms with Gasteiger partial charge in [-0.15, -0.1) is 0 Å². The lowest BCUT2D eigenvalue weighted by Gasteiger charge is -2.31. The van der Waals surface area contributed by atoms with E-state index in [0.717, 1.165) is 31.4 Å². The van der Waals surface area contributed by atoms with Gasteiger partial charge in [0, 0.05) is 43.8 Å². The molecule has 2 aromatic carbocycles. The van der Waals surface area contributed by atoms with Crippen LogP contribution >= 0.6 is 0 Å². The number of nitrogens with zero attached hydrogens (tertiary/aromatic N) is 3. The normalized spacial score (nSPS) is 21.3. The predicted molar refractivity (Wildman–Crippen MR) is 197 cm³/mol. The van der Waals surface area contributed by atoms with E-state index in [-0.39, 0.29) is 24.0 Å². The number of nitriles is 1. The molecule has 0 bridgehead atoms. The summed E-state index contributed by atoms with van der Waals surface area (Å²) in [6.45, 7) is 7.71. The van der Waals surface area contributed by atoms with Crippen LogP contribution < -0.4 is 15.4 Å². The fourth-order valence-corrected chi connectivity index (χ4v) is 7.25. The number of alkyl halides is 3. The Labute approximate surface area is 328 Å². The molecule has 4 amide bonds. The van der Waals surface area contributed by atoms with Gasteiger partial charge in [-0.2, -0.15) is 18.4 Å². The number of hydrogen-bond acceptors (Lipinski definition) is 11. The Bertz CT molecular complexity index is 1920. The lowest BCUT2D eigenvalue weighted by molar-refractivity contribution is -0.138. The number of halogens is 3. The Morgan fingerprint density at radius 3 is 2.39 bits per heavy atom. The molecule has 3 saturated heterocycles. The molecule has 0 aromatic heterocycles. The van der Waals surface area contributed by atoms with Crippen molar-refractivity contribution in [3.63, 3.8) is 0 Å². The number of anilines is 1. The molecular weight excluding hydrogens is 751 g/mol. The van der Waals surface area contributed by atoms with Crippen LogP contribution in [0.2, 0.25) is 0 Å². The third kappa shape index (κ3) is 9.86. The summed E-state index contributed by atoms with van der Waals surface area (Å²) < 4.78 is 68.2. The second-order valence-electron chi connectivity index (χ2n) is 14.8. The third-order valence-electron chi connectivity index (χ3n) is 10.1. The number of nitrogens with one attached hydrogen (secondary N) is 2. The minimum absolute atomic E-state index is 0.110. The number of ether oxygens (including phenoxy) is 5. The summed E-state index contributed by atoms with van der Waals surface area (Å²) in [4.78, 5) is 54.8. The van der Waals surface area contributed by atoms with Crippen LogP contribution in [-0.4, -0.2) is 111 Å². The van der Waals surface area contributed by atoms with Crippen molar-refractivity contribution in [2.24, 2.45) is 5.41 Å². The van der Waals surface area contributed by atoms with Gasteiger partial charge in [-0.25, -0.2) is 0 Å². The first-order chi connectivity index (χ1) is 27.3. The number of carbonyl (C=O) groups is 4. The van der Waals surface area contributed by atoms with E-state index in [2.05, 4.69) is 10.6 Å². The van der Waals surface area contributed by atoms with Crippen LogP contribution in [0.25, 0.3) is 0 Å². The molecular formula is C40H46F3N5O9. The quantitative estimate of drug-likeness (QED) is 0.115. The van der Waals surface area contributed by atoms with E-state index < -0.39 is 46.7 Å². The third-order valence-corrected chi connectivity index (χ3v) is 10.1. The SMILES string of the molecule is CC1(C)CN(CCCCCOCCOCCOCCNc2cccc3c2C(=O)N(C2CCC(=O)N/C2=C2\CO2)C3=O)C(=O)C1Oc1ccc(C#N)c(C(F)(F)F)c1. The molecule has 4 heterocycles. The highest BCUT2D eigenvalue weighted by Crippen LogP contribution is 2.39. The zero-order chi connectivity index (χ0) is 40.7. The first-order valence-electron chi connectivity index (χ1n) is 19.0. The Morgan fingerprint density at radius 1 is 0.965 bits per heavy atom. The second kappa shape index (κ2) is 18.0. The summed E-state index contributed by atoms with van der Waals surface area (Å²) >= 11 is 0. The molecule has 4 aliphatic heterocycles. The molecule has 17 heteroatoms. The molecule has 4 aliphatic rings. The zero-order valence-corrected chi connectivity index (χ0v) is 31.9. The van der Waals surface area contributed by atoms with Crippen LogP contribution in [0, 0.1) is 16.7 Å². The Kier molecular flexibility index (Phi) is 13.1. The Balaban J connectivity index is 0.803. The molecule has 2 N–H and O–H groups in total. The number of epoxide rings is 1. The van der Waals surface area contributed by atoms with Crippen LogP contribution in [0.4, 0.5) is 18.9 Å². The van der Waals surface area contributed by atoms with Crippen molar-refractivity contribution in [1.29, 1.82) is 5.26 Å². The molecule has 0 spiro atoms. The second-order valence-corrected chi connectivity index (χ2v) is 14.8. The van der Waals surface area contributed by atoms with Gasteiger partial charge in [0.15, 0.2) is 11.9 Å². The van der Waals surface area contributed by atoms with Crippen molar-refractivity contribution < 1.29 is 56.0 Å². The topological polar surface area (TPSA) is 172 Å². The Morgan fingerprint density at radius 2 is 1.68 bits per heavy atom. The summed E-state index contributed by atoms with van der Waals surface area (Å²) in [6.07, 6.45) is -2.82. The minimum Gasteiger partial charge on any atom is -0.484 e. The van der Waals surface area contributed by atoms with Crippen LogP contribution in [0.3, 0.4) is 0 Å². The summed E-state index contributed by atoms with van der Waals surface area (Å²) in [5.74, 6) is -0.790. The number of rotatable bonds is 19. The fraction of sp³-hybridized carbons (Fsp3) is 0.525. The van der Waals surface area contributed by atoms with Gasteiger partial charge in [0.05, 0.1) is 73.1 Å². The maximum Gasteiger partial charge on any atom is 0.417 e. The monoisotopic (exact) mass is 797 g/mol. The average Bonchev–Trinajstić information content (AvgIpc) is 3.96. The number of imide groups is 1. The lowest BCUT2D eigenvalue weighted by atomic mass is 9.89.